The quantitative estimate of drug-likeness (QED) is 0.592. The number of para-hydroxylation sites is 2. The van der Waals surface area contributed by atoms with Crippen LogP contribution in [0.25, 0.3) is 0 Å². The Morgan fingerprint density at radius 2 is 1.08 bits per heavy atom. The lowest BCUT2D eigenvalue weighted by Gasteiger charge is -2.05. The SMILES string of the molecule is CC(=NCCCCN=C(C)c1ccccc1O)c1ccccc1O. The molecular formula is C20H24N2O2. The van der Waals surface area contributed by atoms with Crippen molar-refractivity contribution in [2.75, 3.05) is 13.1 Å². The molecule has 0 heterocycles. The van der Waals surface area contributed by atoms with Crippen LogP contribution in [0.3, 0.4) is 0 Å². The maximum absolute atomic E-state index is 9.79. The highest BCUT2D eigenvalue weighted by molar-refractivity contribution is 6.01. The first-order chi connectivity index (χ1) is 11.6. The van der Waals surface area contributed by atoms with Crippen LogP contribution in [0.1, 0.15) is 37.8 Å². The van der Waals surface area contributed by atoms with Crippen molar-refractivity contribution in [3.63, 3.8) is 0 Å². The Labute approximate surface area is 143 Å². The first-order valence-electron chi connectivity index (χ1n) is 8.18. The summed E-state index contributed by atoms with van der Waals surface area (Å²) < 4.78 is 0. The summed E-state index contributed by atoms with van der Waals surface area (Å²) in [6, 6.07) is 14.5. The second kappa shape index (κ2) is 8.87. The molecular weight excluding hydrogens is 300 g/mol. The summed E-state index contributed by atoms with van der Waals surface area (Å²) in [5, 5.41) is 19.6. The zero-order chi connectivity index (χ0) is 17.4. The van der Waals surface area contributed by atoms with Crippen molar-refractivity contribution in [2.45, 2.75) is 26.7 Å². The van der Waals surface area contributed by atoms with E-state index in [2.05, 4.69) is 9.98 Å². The number of nitrogens with zero attached hydrogens (tertiary/aromatic N) is 2. The van der Waals surface area contributed by atoms with Crippen molar-refractivity contribution >= 4 is 11.4 Å². The maximum Gasteiger partial charge on any atom is 0.124 e. The summed E-state index contributed by atoms with van der Waals surface area (Å²) >= 11 is 0. The Balaban J connectivity index is 1.79. The number of hydrogen-bond donors (Lipinski definition) is 2. The minimum atomic E-state index is 0.265. The fourth-order valence-corrected chi connectivity index (χ4v) is 2.45. The minimum absolute atomic E-state index is 0.265. The van der Waals surface area contributed by atoms with Crippen LogP contribution in [0.4, 0.5) is 0 Å². The van der Waals surface area contributed by atoms with Gasteiger partial charge in [0.1, 0.15) is 11.5 Å². The summed E-state index contributed by atoms with van der Waals surface area (Å²) in [7, 11) is 0. The molecule has 0 spiro atoms. The molecule has 0 aromatic heterocycles. The van der Waals surface area contributed by atoms with Gasteiger partial charge in [0.05, 0.1) is 0 Å². The van der Waals surface area contributed by atoms with Gasteiger partial charge in [0.2, 0.25) is 0 Å². The standard InChI is InChI=1S/C20H24N2O2/c1-15(17-9-3-5-11-19(17)23)21-13-7-8-14-22-16(2)18-10-4-6-12-20(18)24/h3-6,9-12,23-24H,7-8,13-14H2,1-2H3. The Morgan fingerprint density at radius 3 is 1.46 bits per heavy atom. The molecule has 126 valence electrons. The van der Waals surface area contributed by atoms with Crippen LogP contribution in [0.15, 0.2) is 58.5 Å². The third-order valence-corrected chi connectivity index (χ3v) is 3.85. The van der Waals surface area contributed by atoms with E-state index in [1.165, 1.54) is 0 Å². The number of phenols is 2. The number of aromatic hydroxyl groups is 2. The van der Waals surface area contributed by atoms with Gasteiger partial charge in [-0.15, -0.1) is 0 Å². The highest BCUT2D eigenvalue weighted by Gasteiger charge is 2.03. The van der Waals surface area contributed by atoms with E-state index in [9.17, 15) is 10.2 Å². The maximum atomic E-state index is 9.79. The molecule has 0 radical (unpaired) electrons. The molecule has 0 unspecified atom stereocenters. The van der Waals surface area contributed by atoms with Gasteiger partial charge >= 0.3 is 0 Å². The molecule has 0 saturated heterocycles. The van der Waals surface area contributed by atoms with Gasteiger partial charge in [-0.2, -0.15) is 0 Å². The second-order valence-electron chi connectivity index (χ2n) is 5.68. The Morgan fingerprint density at radius 1 is 0.708 bits per heavy atom. The molecule has 2 N–H and O–H groups in total. The minimum Gasteiger partial charge on any atom is -0.507 e. The first-order valence-corrected chi connectivity index (χ1v) is 8.18. The van der Waals surface area contributed by atoms with Gasteiger partial charge in [-0.25, -0.2) is 0 Å². The number of phenolic OH excluding ortho intramolecular Hbond substituents is 2. The topological polar surface area (TPSA) is 65.2 Å². The fraction of sp³-hybridized carbons (Fsp3) is 0.300. The van der Waals surface area contributed by atoms with Gasteiger partial charge in [0.15, 0.2) is 0 Å². The van der Waals surface area contributed by atoms with Crippen LogP contribution in [-0.2, 0) is 0 Å². The lowest BCUT2D eigenvalue weighted by Crippen LogP contribution is -1.99. The number of benzene rings is 2. The van der Waals surface area contributed by atoms with Gasteiger partial charge in [0.25, 0.3) is 0 Å². The van der Waals surface area contributed by atoms with Gasteiger partial charge < -0.3 is 10.2 Å². The summed E-state index contributed by atoms with van der Waals surface area (Å²) in [6.07, 6.45) is 1.87. The molecule has 0 fully saturated rings. The normalized spacial score (nSPS) is 12.4. The summed E-state index contributed by atoms with van der Waals surface area (Å²) in [5.74, 6) is 0.531. The zero-order valence-corrected chi connectivity index (χ0v) is 14.2. The molecule has 4 heteroatoms. The monoisotopic (exact) mass is 324 g/mol. The van der Waals surface area contributed by atoms with E-state index in [-0.39, 0.29) is 11.5 Å². The van der Waals surface area contributed by atoms with Gasteiger partial charge in [-0.3, -0.25) is 9.98 Å². The van der Waals surface area contributed by atoms with E-state index in [0.717, 1.165) is 35.4 Å². The highest BCUT2D eigenvalue weighted by Crippen LogP contribution is 2.17. The van der Waals surface area contributed by atoms with E-state index in [0.29, 0.717) is 13.1 Å². The molecule has 2 rings (SSSR count). The molecule has 0 saturated carbocycles. The molecule has 4 nitrogen and oxygen atoms in total. The third-order valence-electron chi connectivity index (χ3n) is 3.85. The van der Waals surface area contributed by atoms with E-state index >= 15 is 0 Å². The largest absolute Gasteiger partial charge is 0.507 e. The van der Waals surface area contributed by atoms with Crippen LogP contribution in [0, 0.1) is 0 Å². The van der Waals surface area contributed by atoms with Crippen molar-refractivity contribution in [1.29, 1.82) is 0 Å². The number of unbranched alkanes of at least 4 members (excludes halogenated alkanes) is 1. The molecule has 24 heavy (non-hydrogen) atoms. The fourth-order valence-electron chi connectivity index (χ4n) is 2.45. The predicted molar refractivity (Wildman–Crippen MR) is 99.6 cm³/mol. The predicted octanol–water partition coefficient (Wildman–Crippen LogP) is 4.20. The Kier molecular flexibility index (Phi) is 6.55. The van der Waals surface area contributed by atoms with Crippen molar-refractivity contribution in [3.05, 3.63) is 59.7 Å². The molecule has 2 aromatic rings. The van der Waals surface area contributed by atoms with Crippen molar-refractivity contribution in [3.8, 4) is 11.5 Å². The van der Waals surface area contributed by atoms with Crippen molar-refractivity contribution in [1.82, 2.24) is 0 Å². The lowest BCUT2D eigenvalue weighted by molar-refractivity contribution is 0.473. The van der Waals surface area contributed by atoms with Gasteiger partial charge in [-0.1, -0.05) is 24.3 Å². The average molecular weight is 324 g/mol. The van der Waals surface area contributed by atoms with Gasteiger partial charge in [0, 0.05) is 35.6 Å². The van der Waals surface area contributed by atoms with E-state index < -0.39 is 0 Å². The third kappa shape index (κ3) is 4.95. The molecule has 0 amide bonds. The molecule has 0 bridgehead atoms. The van der Waals surface area contributed by atoms with E-state index in [4.69, 9.17) is 0 Å². The number of aliphatic imine (C=N–C) groups is 2. The molecule has 0 atom stereocenters. The van der Waals surface area contributed by atoms with Crippen LogP contribution < -0.4 is 0 Å². The van der Waals surface area contributed by atoms with Gasteiger partial charge in [-0.05, 0) is 51.0 Å². The molecule has 0 aliphatic rings. The Hall–Kier alpha value is -2.62. The van der Waals surface area contributed by atoms with E-state index in [1.807, 2.05) is 38.1 Å². The van der Waals surface area contributed by atoms with Crippen molar-refractivity contribution < 1.29 is 10.2 Å². The zero-order valence-electron chi connectivity index (χ0n) is 14.2. The van der Waals surface area contributed by atoms with Crippen LogP contribution in [-0.4, -0.2) is 34.7 Å². The lowest BCUT2D eigenvalue weighted by atomic mass is 10.1. The summed E-state index contributed by atoms with van der Waals surface area (Å²) in [4.78, 5) is 9.02. The van der Waals surface area contributed by atoms with Crippen molar-refractivity contribution in [2.24, 2.45) is 9.98 Å². The van der Waals surface area contributed by atoms with Crippen LogP contribution >= 0.6 is 0 Å². The highest BCUT2D eigenvalue weighted by atomic mass is 16.3. The first kappa shape index (κ1) is 17.7. The smallest absolute Gasteiger partial charge is 0.124 e. The van der Waals surface area contributed by atoms with E-state index in [1.54, 1.807) is 24.3 Å². The van der Waals surface area contributed by atoms with Crippen LogP contribution in [0.5, 0.6) is 11.5 Å². The number of rotatable bonds is 7. The number of hydrogen-bond acceptors (Lipinski definition) is 4. The average Bonchev–Trinajstić information content (AvgIpc) is 2.58. The summed E-state index contributed by atoms with van der Waals surface area (Å²) in [5.41, 5.74) is 3.26. The van der Waals surface area contributed by atoms with Crippen LogP contribution in [0.2, 0.25) is 0 Å². The summed E-state index contributed by atoms with van der Waals surface area (Å²) in [6.45, 7) is 5.25. The second-order valence-corrected chi connectivity index (χ2v) is 5.68. The molecule has 0 aliphatic heterocycles. The molecule has 0 aliphatic carbocycles. The molecule has 2 aromatic carbocycles. The Bertz CT molecular complexity index is 672.